The zero-order valence-electron chi connectivity index (χ0n) is 18.8. The molecule has 34 heavy (non-hydrogen) atoms. The summed E-state index contributed by atoms with van der Waals surface area (Å²) in [6, 6.07) is 8.89. The van der Waals surface area contributed by atoms with Gasteiger partial charge in [-0.15, -0.1) is 5.10 Å². The molecule has 1 aromatic carbocycles. The van der Waals surface area contributed by atoms with Crippen LogP contribution in [-0.2, 0) is 11.3 Å². The maximum absolute atomic E-state index is 10.6. The summed E-state index contributed by atoms with van der Waals surface area (Å²) in [4.78, 5) is 11.4. The van der Waals surface area contributed by atoms with Gasteiger partial charge in [-0.05, 0) is 32.3 Å². The molecule has 4 rings (SSSR count). The number of rotatable bonds is 5. The van der Waals surface area contributed by atoms with E-state index in [0.717, 1.165) is 38.2 Å². The van der Waals surface area contributed by atoms with Gasteiger partial charge >= 0.3 is 12.1 Å². The van der Waals surface area contributed by atoms with Gasteiger partial charge in [-0.2, -0.15) is 18.3 Å². The maximum Gasteiger partial charge on any atom is 0.490 e. The molecule has 0 aliphatic carbocycles. The van der Waals surface area contributed by atoms with Crippen molar-refractivity contribution in [1.29, 1.82) is 0 Å². The molecular formula is C22H27F3N6O3. The zero-order chi connectivity index (χ0) is 24.9. The Kier molecular flexibility index (Phi) is 8.05. The van der Waals surface area contributed by atoms with Crippen LogP contribution in [0.1, 0.15) is 48.7 Å². The summed E-state index contributed by atoms with van der Waals surface area (Å²) in [5.74, 6) is -2.76. The van der Waals surface area contributed by atoms with E-state index in [9.17, 15) is 18.3 Å². The first kappa shape index (κ1) is 25.4. The summed E-state index contributed by atoms with van der Waals surface area (Å²) in [6.07, 6.45) is 0.213. The van der Waals surface area contributed by atoms with Crippen LogP contribution in [0.5, 0.6) is 0 Å². The van der Waals surface area contributed by atoms with Crippen LogP contribution >= 0.6 is 0 Å². The summed E-state index contributed by atoms with van der Waals surface area (Å²) in [7, 11) is 0. The number of alkyl halides is 3. The SMILES string of the molecule is Cc1ccc(-c2[nH]ncc2CN2CCC(n3cc(C(C)O)nn3)CC2)cc1.O=C(O)C(F)(F)F. The van der Waals surface area contributed by atoms with Gasteiger partial charge in [-0.1, -0.05) is 35.0 Å². The lowest BCUT2D eigenvalue weighted by molar-refractivity contribution is -0.192. The average molecular weight is 480 g/mol. The minimum absolute atomic E-state index is 0.349. The van der Waals surface area contributed by atoms with Crippen LogP contribution in [0.4, 0.5) is 13.2 Å². The quantitative estimate of drug-likeness (QED) is 0.511. The van der Waals surface area contributed by atoms with Gasteiger partial charge in [-0.25, -0.2) is 9.48 Å². The van der Waals surface area contributed by atoms with E-state index in [1.165, 1.54) is 16.7 Å². The van der Waals surface area contributed by atoms with Crippen molar-refractivity contribution in [1.82, 2.24) is 30.1 Å². The number of aromatic amines is 1. The lowest BCUT2D eigenvalue weighted by atomic mass is 10.0. The number of likely N-dealkylation sites (tertiary alicyclic amines) is 1. The molecule has 3 N–H and O–H groups in total. The fourth-order valence-corrected chi connectivity index (χ4v) is 3.64. The molecule has 12 heteroatoms. The molecule has 0 amide bonds. The largest absolute Gasteiger partial charge is 0.490 e. The number of H-pyrrole nitrogens is 1. The molecule has 1 atom stereocenters. The zero-order valence-corrected chi connectivity index (χ0v) is 18.8. The van der Waals surface area contributed by atoms with E-state index in [0.29, 0.717) is 11.7 Å². The molecule has 9 nitrogen and oxygen atoms in total. The minimum Gasteiger partial charge on any atom is -0.475 e. The summed E-state index contributed by atoms with van der Waals surface area (Å²) < 4.78 is 33.6. The number of hydrogen-bond acceptors (Lipinski definition) is 6. The van der Waals surface area contributed by atoms with Gasteiger partial charge < -0.3 is 10.2 Å². The molecule has 1 unspecified atom stereocenters. The van der Waals surface area contributed by atoms with Crippen molar-refractivity contribution < 1.29 is 28.2 Å². The number of halogens is 3. The third kappa shape index (κ3) is 6.64. The Morgan fingerprint density at radius 3 is 2.38 bits per heavy atom. The minimum atomic E-state index is -5.08. The fourth-order valence-electron chi connectivity index (χ4n) is 3.64. The Labute approximate surface area is 194 Å². The number of aryl methyl sites for hydroxylation is 1. The predicted molar refractivity (Wildman–Crippen MR) is 117 cm³/mol. The first-order chi connectivity index (χ1) is 16.0. The first-order valence-corrected chi connectivity index (χ1v) is 10.8. The molecule has 0 spiro atoms. The normalized spacial score (nSPS) is 16.1. The highest BCUT2D eigenvalue weighted by atomic mass is 19.4. The third-order valence-electron chi connectivity index (χ3n) is 5.58. The Morgan fingerprint density at radius 1 is 1.24 bits per heavy atom. The highest BCUT2D eigenvalue weighted by Crippen LogP contribution is 2.27. The molecule has 3 heterocycles. The van der Waals surface area contributed by atoms with E-state index < -0.39 is 18.2 Å². The molecule has 1 aliphatic heterocycles. The maximum atomic E-state index is 10.6. The Balaban J connectivity index is 0.000000406. The second-order valence-electron chi connectivity index (χ2n) is 8.25. The number of aliphatic hydroxyl groups is 1. The van der Waals surface area contributed by atoms with E-state index in [1.807, 2.05) is 17.1 Å². The highest BCUT2D eigenvalue weighted by Gasteiger charge is 2.38. The van der Waals surface area contributed by atoms with Crippen LogP contribution in [0, 0.1) is 6.92 Å². The second kappa shape index (κ2) is 10.8. The molecule has 1 aliphatic rings. The van der Waals surface area contributed by atoms with Gasteiger partial charge in [0, 0.05) is 25.2 Å². The summed E-state index contributed by atoms with van der Waals surface area (Å²) >= 11 is 0. The fraction of sp³-hybridized carbons (Fsp3) is 0.455. The molecular weight excluding hydrogens is 453 g/mol. The van der Waals surface area contributed by atoms with Gasteiger partial charge in [0.2, 0.25) is 0 Å². The van der Waals surface area contributed by atoms with E-state index in [-0.39, 0.29) is 0 Å². The van der Waals surface area contributed by atoms with Gasteiger partial charge in [0.15, 0.2) is 0 Å². The number of nitrogens with zero attached hydrogens (tertiary/aromatic N) is 5. The van der Waals surface area contributed by atoms with Crippen LogP contribution in [0.15, 0.2) is 36.7 Å². The van der Waals surface area contributed by atoms with E-state index in [2.05, 4.69) is 56.6 Å². The van der Waals surface area contributed by atoms with Crippen LogP contribution in [0.3, 0.4) is 0 Å². The van der Waals surface area contributed by atoms with Gasteiger partial charge in [0.1, 0.15) is 5.69 Å². The van der Waals surface area contributed by atoms with Crippen molar-refractivity contribution in [3.63, 3.8) is 0 Å². The molecule has 2 aromatic heterocycles. The number of nitrogens with one attached hydrogen (secondary N) is 1. The van der Waals surface area contributed by atoms with Crippen molar-refractivity contribution in [3.8, 4) is 11.3 Å². The third-order valence-corrected chi connectivity index (χ3v) is 5.58. The Morgan fingerprint density at radius 2 is 1.85 bits per heavy atom. The second-order valence-corrected chi connectivity index (χ2v) is 8.25. The van der Waals surface area contributed by atoms with E-state index >= 15 is 0 Å². The molecule has 0 radical (unpaired) electrons. The summed E-state index contributed by atoms with van der Waals surface area (Å²) in [5.41, 5.74) is 5.41. The standard InChI is InChI=1S/C20H26N6O.C2HF3O2/c1-14-3-5-16(6-4-14)20-17(11-21-23-20)12-25-9-7-18(8-10-25)26-13-19(15(2)27)22-24-26;3-2(4,5)1(6)7/h3-6,11,13,15,18,27H,7-10,12H2,1-2H3,(H,21,23);(H,6,7). The highest BCUT2D eigenvalue weighted by molar-refractivity contribution is 5.73. The number of carboxylic acids is 1. The Hall–Kier alpha value is -3.25. The predicted octanol–water partition coefficient (Wildman–Crippen LogP) is 3.50. The van der Waals surface area contributed by atoms with Crippen molar-refractivity contribution in [3.05, 3.63) is 53.5 Å². The van der Waals surface area contributed by atoms with Crippen LogP contribution in [-0.4, -0.2) is 65.5 Å². The summed E-state index contributed by atoms with van der Waals surface area (Å²) in [6.45, 7) is 6.72. The van der Waals surface area contributed by atoms with E-state index in [1.54, 1.807) is 6.92 Å². The average Bonchev–Trinajstić information content (AvgIpc) is 3.45. The molecule has 1 saturated heterocycles. The topological polar surface area (TPSA) is 120 Å². The van der Waals surface area contributed by atoms with E-state index in [4.69, 9.17) is 9.90 Å². The molecule has 184 valence electrons. The van der Waals surface area contributed by atoms with Crippen LogP contribution in [0.25, 0.3) is 11.3 Å². The number of aromatic nitrogens is 5. The molecule has 0 bridgehead atoms. The number of aliphatic hydroxyl groups excluding tert-OH is 1. The van der Waals surface area contributed by atoms with Crippen LogP contribution in [0.2, 0.25) is 0 Å². The van der Waals surface area contributed by atoms with Crippen molar-refractivity contribution >= 4 is 5.97 Å². The Bertz CT molecular complexity index is 1070. The smallest absolute Gasteiger partial charge is 0.475 e. The number of hydrogen-bond donors (Lipinski definition) is 3. The number of piperidine rings is 1. The first-order valence-electron chi connectivity index (χ1n) is 10.8. The van der Waals surface area contributed by atoms with Gasteiger partial charge in [0.25, 0.3) is 0 Å². The molecule has 3 aromatic rings. The number of carbonyl (C=O) groups is 1. The van der Waals surface area contributed by atoms with Crippen molar-refractivity contribution in [2.45, 2.75) is 51.6 Å². The van der Waals surface area contributed by atoms with Crippen molar-refractivity contribution in [2.75, 3.05) is 13.1 Å². The van der Waals surface area contributed by atoms with Crippen LogP contribution < -0.4 is 0 Å². The lowest BCUT2D eigenvalue weighted by Gasteiger charge is -2.31. The number of benzene rings is 1. The van der Waals surface area contributed by atoms with Gasteiger partial charge in [-0.3, -0.25) is 10.00 Å². The lowest BCUT2D eigenvalue weighted by Crippen LogP contribution is -2.34. The van der Waals surface area contributed by atoms with Gasteiger partial charge in [0.05, 0.1) is 30.2 Å². The number of carboxylic acid groups (broad SMARTS) is 1. The molecule has 0 saturated carbocycles. The number of aliphatic carboxylic acids is 1. The van der Waals surface area contributed by atoms with Crippen molar-refractivity contribution in [2.24, 2.45) is 0 Å². The monoisotopic (exact) mass is 480 g/mol. The summed E-state index contributed by atoms with van der Waals surface area (Å²) in [5, 5.41) is 32.4. The molecule has 1 fully saturated rings.